The average molecular weight is 602 g/mol. The van der Waals surface area contributed by atoms with Crippen molar-refractivity contribution in [3.63, 3.8) is 0 Å². The highest BCUT2D eigenvalue weighted by Crippen LogP contribution is 2.39. The molecular formula is C31H29F6N5O. The van der Waals surface area contributed by atoms with Gasteiger partial charge in [0.25, 0.3) is 0 Å². The molecule has 0 aliphatic carbocycles. The number of alkyl halides is 3. The van der Waals surface area contributed by atoms with Crippen molar-refractivity contribution in [3.05, 3.63) is 99.5 Å². The third kappa shape index (κ3) is 5.96. The summed E-state index contributed by atoms with van der Waals surface area (Å²) in [7, 11) is 0. The number of urea groups is 1. The summed E-state index contributed by atoms with van der Waals surface area (Å²) in [6.45, 7) is 4.07. The molecule has 1 aliphatic heterocycles. The van der Waals surface area contributed by atoms with Crippen LogP contribution in [0.5, 0.6) is 0 Å². The number of benzene rings is 3. The molecule has 0 spiro atoms. The predicted molar refractivity (Wildman–Crippen MR) is 150 cm³/mol. The van der Waals surface area contributed by atoms with Gasteiger partial charge in [-0.05, 0) is 53.8 Å². The van der Waals surface area contributed by atoms with Crippen molar-refractivity contribution in [3.8, 4) is 16.9 Å². The first-order chi connectivity index (χ1) is 20.4. The van der Waals surface area contributed by atoms with E-state index in [1.54, 1.807) is 9.58 Å². The molecule has 0 fully saturated rings. The number of hydrogen-bond donors (Lipinski definition) is 2. The van der Waals surface area contributed by atoms with Crippen LogP contribution in [-0.2, 0) is 38.5 Å². The largest absolute Gasteiger partial charge is 0.416 e. The molecule has 226 valence electrons. The monoisotopic (exact) mass is 601 g/mol. The van der Waals surface area contributed by atoms with Crippen LogP contribution >= 0.6 is 0 Å². The summed E-state index contributed by atoms with van der Waals surface area (Å²) in [5.41, 5.74) is 7.25. The van der Waals surface area contributed by atoms with Crippen LogP contribution in [0.1, 0.15) is 47.4 Å². The molecule has 5 rings (SSSR count). The zero-order valence-electron chi connectivity index (χ0n) is 23.5. The minimum absolute atomic E-state index is 0.0522. The van der Waals surface area contributed by atoms with Gasteiger partial charge in [0, 0.05) is 43.2 Å². The number of nitrogens with zero attached hydrogens (tertiary/aromatic N) is 3. The number of nitrogens with one attached hydrogen (secondary N) is 1. The van der Waals surface area contributed by atoms with Crippen LogP contribution in [0, 0.1) is 17.5 Å². The third-order valence-electron chi connectivity index (χ3n) is 7.63. The van der Waals surface area contributed by atoms with Gasteiger partial charge >= 0.3 is 12.2 Å². The van der Waals surface area contributed by atoms with E-state index < -0.39 is 40.9 Å². The van der Waals surface area contributed by atoms with E-state index in [2.05, 4.69) is 5.32 Å². The summed E-state index contributed by atoms with van der Waals surface area (Å²) < 4.78 is 87.7. The molecule has 2 amide bonds. The van der Waals surface area contributed by atoms with Crippen LogP contribution in [-0.4, -0.2) is 27.3 Å². The summed E-state index contributed by atoms with van der Waals surface area (Å²) >= 11 is 0. The average Bonchev–Trinajstić information content (AvgIpc) is 3.31. The molecule has 0 bridgehead atoms. The first-order valence-corrected chi connectivity index (χ1v) is 13.8. The fraction of sp³-hybridized carbons (Fsp3) is 0.290. The maximum atomic E-state index is 15.8. The van der Waals surface area contributed by atoms with Crippen LogP contribution in [0.4, 0.5) is 36.8 Å². The molecule has 0 saturated carbocycles. The Morgan fingerprint density at radius 3 is 2.30 bits per heavy atom. The number of aryl methyl sites for hydroxylation is 2. The summed E-state index contributed by atoms with van der Waals surface area (Å²) in [5.74, 6) is -2.58. The van der Waals surface area contributed by atoms with Gasteiger partial charge < -0.3 is 11.1 Å². The quantitative estimate of drug-likeness (QED) is 0.221. The van der Waals surface area contributed by atoms with Gasteiger partial charge in [0.2, 0.25) is 0 Å². The summed E-state index contributed by atoms with van der Waals surface area (Å²) in [6.07, 6.45) is -3.12. The van der Waals surface area contributed by atoms with E-state index in [0.717, 1.165) is 41.5 Å². The third-order valence-corrected chi connectivity index (χ3v) is 7.63. The highest BCUT2D eigenvalue weighted by atomic mass is 19.4. The maximum Gasteiger partial charge on any atom is 0.416 e. The lowest BCUT2D eigenvalue weighted by Crippen LogP contribution is -2.31. The summed E-state index contributed by atoms with van der Waals surface area (Å²) in [5, 5.41) is 6.90. The lowest BCUT2D eigenvalue weighted by Gasteiger charge is -2.28. The highest BCUT2D eigenvalue weighted by Gasteiger charge is 2.35. The number of anilines is 1. The molecule has 12 heteroatoms. The molecular weight excluding hydrogens is 572 g/mol. The molecule has 1 aromatic heterocycles. The minimum atomic E-state index is -4.68. The van der Waals surface area contributed by atoms with Crippen molar-refractivity contribution in [2.24, 2.45) is 5.73 Å². The predicted octanol–water partition coefficient (Wildman–Crippen LogP) is 7.15. The number of para-hydroxylation sites is 1. The molecule has 43 heavy (non-hydrogen) atoms. The number of fused-ring (bicyclic) bond motifs is 1. The standard InChI is InChI=1S/C31H29F6N5O/c1-3-17-6-5-7-18(4-2)28(17)42-29(21-13-25(34)27(14-24(21)33)39-30(38)43)22-16-41(11-10-26(22)40-42)15-19-12-20(32)8-9-23(19)31(35,36)37/h5-9,12-14H,3-4,10-11,15-16H2,1-2H3,(H3,38,39,43). The van der Waals surface area contributed by atoms with Crippen molar-refractivity contribution in [2.45, 2.75) is 52.4 Å². The SMILES string of the molecule is CCc1cccc(CC)c1-n1nc2c(c1-c1cc(F)c(NC(N)=O)cc1F)CN(Cc1cc(F)ccc1C(F)(F)F)CC2. The van der Waals surface area contributed by atoms with E-state index >= 15 is 8.78 Å². The van der Waals surface area contributed by atoms with Crippen LogP contribution < -0.4 is 11.1 Å². The Bertz CT molecular complexity index is 1670. The lowest BCUT2D eigenvalue weighted by atomic mass is 9.97. The molecule has 0 radical (unpaired) electrons. The number of rotatable bonds is 7. The Labute approximate surface area is 244 Å². The second kappa shape index (κ2) is 11.8. The Kier molecular flexibility index (Phi) is 8.24. The number of hydrogen-bond acceptors (Lipinski definition) is 3. The Balaban J connectivity index is 1.68. The molecule has 6 nitrogen and oxygen atoms in total. The number of carbonyl (C=O) groups excluding carboxylic acids is 1. The second-order valence-electron chi connectivity index (χ2n) is 10.4. The van der Waals surface area contributed by atoms with Crippen molar-refractivity contribution in [1.29, 1.82) is 0 Å². The van der Waals surface area contributed by atoms with Crippen LogP contribution in [0.3, 0.4) is 0 Å². The van der Waals surface area contributed by atoms with Gasteiger partial charge in [-0.3, -0.25) is 4.90 Å². The number of nitrogens with two attached hydrogens (primary N) is 1. The van der Waals surface area contributed by atoms with E-state index in [1.807, 2.05) is 32.0 Å². The zero-order valence-corrected chi connectivity index (χ0v) is 23.5. The number of carbonyl (C=O) groups is 1. The molecule has 4 aromatic rings. The second-order valence-corrected chi connectivity index (χ2v) is 10.4. The molecule has 3 N–H and O–H groups in total. The molecule has 3 aromatic carbocycles. The number of amides is 2. The summed E-state index contributed by atoms with van der Waals surface area (Å²) in [6, 6.07) is 8.82. The van der Waals surface area contributed by atoms with Gasteiger partial charge in [0.05, 0.1) is 28.3 Å². The molecule has 1 aliphatic rings. The van der Waals surface area contributed by atoms with E-state index in [0.29, 0.717) is 42.8 Å². The smallest absolute Gasteiger partial charge is 0.351 e. The van der Waals surface area contributed by atoms with Gasteiger partial charge in [0.15, 0.2) is 0 Å². The molecule has 2 heterocycles. The topological polar surface area (TPSA) is 76.2 Å². The van der Waals surface area contributed by atoms with Gasteiger partial charge in [-0.15, -0.1) is 0 Å². The first kappa shape index (κ1) is 30.1. The summed E-state index contributed by atoms with van der Waals surface area (Å²) in [4.78, 5) is 13.0. The van der Waals surface area contributed by atoms with E-state index in [4.69, 9.17) is 10.8 Å². The van der Waals surface area contributed by atoms with Crippen molar-refractivity contribution in [1.82, 2.24) is 14.7 Å². The normalized spacial score (nSPS) is 13.7. The lowest BCUT2D eigenvalue weighted by molar-refractivity contribution is -0.138. The van der Waals surface area contributed by atoms with Gasteiger partial charge in [-0.2, -0.15) is 18.3 Å². The van der Waals surface area contributed by atoms with E-state index in [9.17, 15) is 22.4 Å². The fourth-order valence-corrected chi connectivity index (χ4v) is 5.66. The molecule has 0 saturated heterocycles. The van der Waals surface area contributed by atoms with Crippen LogP contribution in [0.15, 0.2) is 48.5 Å². The first-order valence-electron chi connectivity index (χ1n) is 13.8. The maximum absolute atomic E-state index is 15.8. The number of halogens is 6. The fourth-order valence-electron chi connectivity index (χ4n) is 5.66. The number of aromatic nitrogens is 2. The highest BCUT2D eigenvalue weighted by molar-refractivity contribution is 5.88. The Morgan fingerprint density at radius 1 is 0.977 bits per heavy atom. The van der Waals surface area contributed by atoms with E-state index in [-0.39, 0.29) is 29.9 Å². The van der Waals surface area contributed by atoms with Crippen molar-refractivity contribution >= 4 is 11.7 Å². The van der Waals surface area contributed by atoms with Crippen LogP contribution in [0.2, 0.25) is 0 Å². The molecule has 0 atom stereocenters. The zero-order chi connectivity index (χ0) is 31.1. The van der Waals surface area contributed by atoms with Crippen molar-refractivity contribution in [2.75, 3.05) is 11.9 Å². The van der Waals surface area contributed by atoms with Crippen LogP contribution in [0.25, 0.3) is 16.9 Å². The molecule has 0 unspecified atom stereocenters. The van der Waals surface area contributed by atoms with Crippen molar-refractivity contribution < 1.29 is 31.1 Å². The van der Waals surface area contributed by atoms with Gasteiger partial charge in [-0.25, -0.2) is 22.6 Å². The minimum Gasteiger partial charge on any atom is -0.351 e. The van der Waals surface area contributed by atoms with Gasteiger partial charge in [0.1, 0.15) is 17.5 Å². The Morgan fingerprint density at radius 2 is 1.67 bits per heavy atom. The Hall–Kier alpha value is -4.32. The number of primary amides is 1. The van der Waals surface area contributed by atoms with E-state index in [1.165, 1.54) is 0 Å². The van der Waals surface area contributed by atoms with Gasteiger partial charge in [-0.1, -0.05) is 32.0 Å².